The van der Waals surface area contributed by atoms with E-state index in [0.29, 0.717) is 13.1 Å². The van der Waals surface area contributed by atoms with Crippen molar-refractivity contribution in [1.82, 2.24) is 5.32 Å². The Morgan fingerprint density at radius 1 is 1.35 bits per heavy atom. The summed E-state index contributed by atoms with van der Waals surface area (Å²) in [4.78, 5) is 9.18. The number of ether oxygens (including phenoxy) is 4. The van der Waals surface area contributed by atoms with Crippen LogP contribution in [0.2, 0.25) is 0 Å². The Labute approximate surface area is 103 Å². The minimum Gasteiger partial charge on any atom is -0.468 e. The average molecular weight is 249 g/mol. The summed E-state index contributed by atoms with van der Waals surface area (Å²) in [5, 5.41) is 3.22. The van der Waals surface area contributed by atoms with E-state index in [9.17, 15) is 4.79 Å². The van der Waals surface area contributed by atoms with Crippen molar-refractivity contribution in [3.05, 3.63) is 0 Å². The average Bonchev–Trinajstić information content (AvgIpc) is 2.40. The Balaban J connectivity index is 0.000000437. The summed E-state index contributed by atoms with van der Waals surface area (Å²) >= 11 is 0. The molecule has 6 heteroatoms. The third-order valence-corrected chi connectivity index (χ3v) is 2.68. The topological polar surface area (TPSA) is 66.0 Å². The van der Waals surface area contributed by atoms with Crippen LogP contribution in [0.4, 0.5) is 0 Å². The molecule has 1 N–H and O–H groups in total. The molecule has 0 spiro atoms. The Bertz CT molecular complexity index is 196. The highest BCUT2D eigenvalue weighted by Gasteiger charge is 2.41. The minimum atomic E-state index is -0.556. The summed E-state index contributed by atoms with van der Waals surface area (Å²) < 4.78 is 20.1. The van der Waals surface area contributed by atoms with E-state index in [2.05, 4.69) is 10.1 Å². The van der Waals surface area contributed by atoms with E-state index in [-0.39, 0.29) is 6.10 Å². The van der Waals surface area contributed by atoms with Crippen molar-refractivity contribution >= 4 is 6.47 Å². The molecule has 17 heavy (non-hydrogen) atoms. The van der Waals surface area contributed by atoms with Gasteiger partial charge in [0.25, 0.3) is 6.47 Å². The minimum absolute atomic E-state index is 0.0266. The van der Waals surface area contributed by atoms with Crippen LogP contribution < -0.4 is 5.32 Å². The molecule has 0 radical (unpaired) electrons. The monoisotopic (exact) mass is 249 g/mol. The predicted octanol–water partition coefficient (Wildman–Crippen LogP) is 0.163. The molecule has 102 valence electrons. The van der Waals surface area contributed by atoms with Gasteiger partial charge in [0.1, 0.15) is 6.10 Å². The number of nitrogens with one attached hydrogen (secondary N) is 1. The maximum absolute atomic E-state index is 9.18. The zero-order valence-corrected chi connectivity index (χ0v) is 11.0. The molecular weight excluding hydrogens is 226 g/mol. The lowest BCUT2D eigenvalue weighted by molar-refractivity contribution is -0.273. The highest BCUT2D eigenvalue weighted by Crippen LogP contribution is 2.25. The van der Waals surface area contributed by atoms with Crippen LogP contribution in [0.5, 0.6) is 0 Å². The van der Waals surface area contributed by atoms with Crippen LogP contribution in [0, 0.1) is 0 Å². The van der Waals surface area contributed by atoms with Crippen molar-refractivity contribution in [2.45, 2.75) is 25.2 Å². The fourth-order valence-corrected chi connectivity index (χ4v) is 1.69. The van der Waals surface area contributed by atoms with Gasteiger partial charge in [-0.2, -0.15) is 0 Å². The van der Waals surface area contributed by atoms with Gasteiger partial charge in [-0.3, -0.25) is 4.79 Å². The molecule has 0 aromatic rings. The normalized spacial score (nSPS) is 22.2. The number of methoxy groups -OCH3 is 3. The molecule has 1 fully saturated rings. The summed E-state index contributed by atoms with van der Waals surface area (Å²) in [6.45, 7) is 4.34. The van der Waals surface area contributed by atoms with Crippen molar-refractivity contribution in [3.8, 4) is 0 Å². The Morgan fingerprint density at radius 3 is 2.29 bits per heavy atom. The summed E-state index contributed by atoms with van der Waals surface area (Å²) in [5.74, 6) is -0.556. The molecule has 1 aliphatic rings. The van der Waals surface area contributed by atoms with Crippen molar-refractivity contribution < 1.29 is 23.7 Å². The number of carbonyl (C=O) groups is 1. The van der Waals surface area contributed by atoms with E-state index in [4.69, 9.17) is 14.2 Å². The number of rotatable bonds is 5. The molecule has 0 bridgehead atoms. The van der Waals surface area contributed by atoms with Crippen LogP contribution in [0.15, 0.2) is 0 Å². The van der Waals surface area contributed by atoms with Crippen LogP contribution in [0.25, 0.3) is 0 Å². The van der Waals surface area contributed by atoms with Gasteiger partial charge in [-0.15, -0.1) is 0 Å². The lowest BCUT2D eigenvalue weighted by Crippen LogP contribution is -2.57. The van der Waals surface area contributed by atoms with Gasteiger partial charge >= 0.3 is 0 Å². The first kappa shape index (κ1) is 16.3. The first-order chi connectivity index (χ1) is 8.20. The van der Waals surface area contributed by atoms with Crippen molar-refractivity contribution in [2.24, 2.45) is 0 Å². The van der Waals surface area contributed by atoms with E-state index in [1.807, 2.05) is 0 Å². The van der Waals surface area contributed by atoms with Crippen LogP contribution in [-0.2, 0) is 23.7 Å². The predicted molar refractivity (Wildman–Crippen MR) is 62.7 cm³/mol. The van der Waals surface area contributed by atoms with Crippen molar-refractivity contribution in [3.63, 3.8) is 0 Å². The standard InChI is InChI=1S/C8H17NO3.C3H6O2/c1-10-7-6-9-5-4-8(7,11-2)12-3;1-2-5-3-4/h7,9H,4-6H2,1-3H3;3H,2H2,1H3. The smallest absolute Gasteiger partial charge is 0.293 e. The molecule has 1 atom stereocenters. The first-order valence-corrected chi connectivity index (χ1v) is 5.59. The summed E-state index contributed by atoms with van der Waals surface area (Å²) in [5.41, 5.74) is 0. The van der Waals surface area contributed by atoms with E-state index >= 15 is 0 Å². The van der Waals surface area contributed by atoms with E-state index < -0.39 is 5.79 Å². The number of hydrogen-bond acceptors (Lipinski definition) is 6. The fraction of sp³-hybridized carbons (Fsp3) is 0.909. The van der Waals surface area contributed by atoms with Crippen LogP contribution >= 0.6 is 0 Å². The maximum atomic E-state index is 9.18. The van der Waals surface area contributed by atoms with Crippen molar-refractivity contribution in [2.75, 3.05) is 41.0 Å². The molecule has 0 amide bonds. The highest BCUT2D eigenvalue weighted by molar-refractivity contribution is 5.36. The molecule has 0 saturated carbocycles. The molecule has 1 aliphatic heterocycles. The van der Waals surface area contributed by atoms with Crippen LogP contribution in [0.1, 0.15) is 13.3 Å². The molecule has 1 saturated heterocycles. The number of carbonyl (C=O) groups excluding carboxylic acids is 1. The maximum Gasteiger partial charge on any atom is 0.293 e. The molecule has 6 nitrogen and oxygen atoms in total. The van der Waals surface area contributed by atoms with Gasteiger partial charge in [0, 0.05) is 40.8 Å². The van der Waals surface area contributed by atoms with E-state index in [1.165, 1.54) is 0 Å². The van der Waals surface area contributed by atoms with Crippen LogP contribution in [-0.4, -0.2) is 59.4 Å². The van der Waals surface area contributed by atoms with E-state index in [1.54, 1.807) is 28.3 Å². The summed E-state index contributed by atoms with van der Waals surface area (Å²) in [7, 11) is 4.98. The van der Waals surface area contributed by atoms with Gasteiger partial charge in [-0.1, -0.05) is 0 Å². The SMILES string of the molecule is CCOC=O.COC1CNCCC1(OC)OC. The summed E-state index contributed by atoms with van der Waals surface area (Å²) in [6.07, 6.45) is 0.791. The number of hydrogen-bond donors (Lipinski definition) is 1. The third kappa shape index (κ3) is 4.99. The zero-order valence-electron chi connectivity index (χ0n) is 11.0. The lowest BCUT2D eigenvalue weighted by atomic mass is 10.0. The molecular formula is C11H23NO5. The Hall–Kier alpha value is -0.690. The van der Waals surface area contributed by atoms with Gasteiger partial charge in [0.2, 0.25) is 0 Å². The highest BCUT2D eigenvalue weighted by atomic mass is 16.7. The zero-order chi connectivity index (χ0) is 13.1. The first-order valence-electron chi connectivity index (χ1n) is 5.59. The quantitative estimate of drug-likeness (QED) is 0.553. The van der Waals surface area contributed by atoms with Gasteiger partial charge in [-0.05, 0) is 6.92 Å². The second-order valence-corrected chi connectivity index (χ2v) is 3.45. The fourth-order valence-electron chi connectivity index (χ4n) is 1.69. The molecule has 0 aliphatic carbocycles. The number of piperidine rings is 1. The Morgan fingerprint density at radius 2 is 2.00 bits per heavy atom. The largest absolute Gasteiger partial charge is 0.468 e. The second-order valence-electron chi connectivity index (χ2n) is 3.45. The van der Waals surface area contributed by atoms with Gasteiger partial charge < -0.3 is 24.3 Å². The van der Waals surface area contributed by atoms with Gasteiger partial charge in [0.15, 0.2) is 5.79 Å². The van der Waals surface area contributed by atoms with Crippen molar-refractivity contribution in [1.29, 1.82) is 0 Å². The molecule has 0 aromatic carbocycles. The molecule has 1 unspecified atom stereocenters. The molecule has 1 rings (SSSR count). The Kier molecular flexibility index (Phi) is 8.97. The molecule has 1 heterocycles. The van der Waals surface area contributed by atoms with Gasteiger partial charge in [0.05, 0.1) is 6.61 Å². The van der Waals surface area contributed by atoms with Gasteiger partial charge in [-0.25, -0.2) is 0 Å². The van der Waals surface area contributed by atoms with Crippen LogP contribution in [0.3, 0.4) is 0 Å². The second kappa shape index (κ2) is 9.35. The third-order valence-electron chi connectivity index (χ3n) is 2.68. The van der Waals surface area contributed by atoms with E-state index in [0.717, 1.165) is 19.5 Å². The summed E-state index contributed by atoms with van der Waals surface area (Å²) in [6, 6.07) is 0. The molecule has 0 aromatic heterocycles. The lowest BCUT2D eigenvalue weighted by Gasteiger charge is -2.40.